The van der Waals surface area contributed by atoms with Gasteiger partial charge in [0.15, 0.2) is 5.82 Å². The van der Waals surface area contributed by atoms with Gasteiger partial charge in [0.1, 0.15) is 0 Å². The van der Waals surface area contributed by atoms with Crippen LogP contribution in [-0.4, -0.2) is 62.1 Å². The number of aromatic nitrogens is 4. The Bertz CT molecular complexity index is 743. The van der Waals surface area contributed by atoms with E-state index >= 15 is 0 Å². The molecule has 0 aliphatic carbocycles. The molecule has 0 atom stereocenters. The molecule has 1 amide bonds. The third-order valence-corrected chi connectivity index (χ3v) is 5.49. The number of nitrogens with zero attached hydrogens (tertiary/aromatic N) is 6. The molecule has 1 fully saturated rings. The van der Waals surface area contributed by atoms with Gasteiger partial charge in [-0.05, 0) is 42.3 Å². The van der Waals surface area contributed by atoms with Crippen LogP contribution >= 0.6 is 0 Å². The molecule has 0 radical (unpaired) electrons. The van der Waals surface area contributed by atoms with Gasteiger partial charge in [0.05, 0.1) is 12.2 Å². The minimum atomic E-state index is 0.190. The normalized spacial score (nSPS) is 15.4. The predicted molar refractivity (Wildman–Crippen MR) is 109 cm³/mol. The number of carbonyl (C=O) groups is 1. The Labute approximate surface area is 167 Å². The SMILES string of the molecule is CCCC(CCC)C(=O)N1CCN(Cc2nnnn2-c2ccc(C)cc2)CC1. The van der Waals surface area contributed by atoms with Crippen LogP contribution in [0.4, 0.5) is 0 Å². The second-order valence-corrected chi connectivity index (χ2v) is 7.72. The average molecular weight is 385 g/mol. The second-order valence-electron chi connectivity index (χ2n) is 7.72. The molecule has 0 bridgehead atoms. The minimum absolute atomic E-state index is 0.190. The maximum Gasteiger partial charge on any atom is 0.225 e. The molecule has 1 saturated heterocycles. The Morgan fingerprint density at radius 3 is 2.29 bits per heavy atom. The first-order valence-electron chi connectivity index (χ1n) is 10.5. The highest BCUT2D eigenvalue weighted by Crippen LogP contribution is 2.19. The summed E-state index contributed by atoms with van der Waals surface area (Å²) in [6.45, 7) is 10.4. The molecule has 1 aromatic heterocycles. The monoisotopic (exact) mass is 384 g/mol. The lowest BCUT2D eigenvalue weighted by atomic mass is 9.96. The molecular weight excluding hydrogens is 352 g/mol. The van der Waals surface area contributed by atoms with E-state index in [9.17, 15) is 4.79 Å². The molecule has 28 heavy (non-hydrogen) atoms. The van der Waals surface area contributed by atoms with Crippen LogP contribution in [0.2, 0.25) is 0 Å². The van der Waals surface area contributed by atoms with E-state index in [1.54, 1.807) is 4.68 Å². The summed E-state index contributed by atoms with van der Waals surface area (Å²) in [5.74, 6) is 1.36. The molecule has 0 saturated carbocycles. The number of piperazine rings is 1. The molecule has 7 nitrogen and oxygen atoms in total. The van der Waals surface area contributed by atoms with Crippen molar-refractivity contribution in [1.82, 2.24) is 30.0 Å². The lowest BCUT2D eigenvalue weighted by molar-refractivity contribution is -0.137. The van der Waals surface area contributed by atoms with Crippen LogP contribution in [-0.2, 0) is 11.3 Å². The van der Waals surface area contributed by atoms with Gasteiger partial charge >= 0.3 is 0 Å². The van der Waals surface area contributed by atoms with E-state index in [1.807, 2.05) is 12.1 Å². The maximum absolute atomic E-state index is 12.8. The van der Waals surface area contributed by atoms with Crippen molar-refractivity contribution in [3.8, 4) is 5.69 Å². The lowest BCUT2D eigenvalue weighted by Crippen LogP contribution is -2.50. The molecule has 2 aromatic rings. The van der Waals surface area contributed by atoms with Gasteiger partial charge in [0.2, 0.25) is 5.91 Å². The Morgan fingerprint density at radius 2 is 1.68 bits per heavy atom. The highest BCUT2D eigenvalue weighted by atomic mass is 16.2. The van der Waals surface area contributed by atoms with Crippen molar-refractivity contribution in [2.75, 3.05) is 26.2 Å². The summed E-state index contributed by atoms with van der Waals surface area (Å²) < 4.78 is 1.80. The first-order chi connectivity index (χ1) is 13.6. The topological polar surface area (TPSA) is 67.2 Å². The van der Waals surface area contributed by atoms with Crippen molar-refractivity contribution in [2.45, 2.75) is 53.0 Å². The number of benzene rings is 1. The van der Waals surface area contributed by atoms with Crippen LogP contribution in [0.5, 0.6) is 0 Å². The summed E-state index contributed by atoms with van der Waals surface area (Å²) in [5, 5.41) is 12.2. The molecular formula is C21H32N6O. The van der Waals surface area contributed by atoms with Crippen LogP contribution in [0, 0.1) is 12.8 Å². The lowest BCUT2D eigenvalue weighted by Gasteiger charge is -2.36. The minimum Gasteiger partial charge on any atom is -0.340 e. The van der Waals surface area contributed by atoms with E-state index in [2.05, 4.69) is 58.2 Å². The molecule has 1 aromatic carbocycles. The fourth-order valence-corrected chi connectivity index (χ4v) is 3.86. The Morgan fingerprint density at radius 1 is 1.04 bits per heavy atom. The summed E-state index contributed by atoms with van der Waals surface area (Å²) >= 11 is 0. The molecule has 0 unspecified atom stereocenters. The van der Waals surface area contributed by atoms with Gasteiger partial charge < -0.3 is 4.90 Å². The van der Waals surface area contributed by atoms with Gasteiger partial charge in [-0.15, -0.1) is 5.10 Å². The zero-order valence-corrected chi connectivity index (χ0v) is 17.3. The van der Waals surface area contributed by atoms with Crippen LogP contribution in [0.1, 0.15) is 50.9 Å². The van der Waals surface area contributed by atoms with Crippen molar-refractivity contribution in [1.29, 1.82) is 0 Å². The van der Waals surface area contributed by atoms with E-state index in [1.165, 1.54) is 5.56 Å². The number of rotatable bonds is 8. The summed E-state index contributed by atoms with van der Waals surface area (Å²) in [6, 6.07) is 8.20. The third-order valence-electron chi connectivity index (χ3n) is 5.49. The smallest absolute Gasteiger partial charge is 0.225 e. The van der Waals surface area contributed by atoms with E-state index in [0.717, 1.165) is 63.4 Å². The quantitative estimate of drug-likeness (QED) is 0.700. The molecule has 2 heterocycles. The van der Waals surface area contributed by atoms with Gasteiger partial charge in [0, 0.05) is 32.1 Å². The van der Waals surface area contributed by atoms with Gasteiger partial charge in [-0.25, -0.2) is 0 Å². The zero-order chi connectivity index (χ0) is 19.9. The first kappa shape index (κ1) is 20.5. The maximum atomic E-state index is 12.8. The summed E-state index contributed by atoms with van der Waals surface area (Å²) in [7, 11) is 0. The molecule has 1 aliphatic rings. The van der Waals surface area contributed by atoms with E-state index in [0.29, 0.717) is 12.5 Å². The molecule has 0 spiro atoms. The van der Waals surface area contributed by atoms with Crippen molar-refractivity contribution < 1.29 is 4.79 Å². The Kier molecular flexibility index (Phi) is 7.14. The van der Waals surface area contributed by atoms with E-state index < -0.39 is 0 Å². The van der Waals surface area contributed by atoms with Crippen LogP contribution in [0.15, 0.2) is 24.3 Å². The van der Waals surface area contributed by atoms with Crippen molar-refractivity contribution in [3.63, 3.8) is 0 Å². The van der Waals surface area contributed by atoms with Gasteiger partial charge in [-0.1, -0.05) is 44.4 Å². The zero-order valence-electron chi connectivity index (χ0n) is 17.3. The van der Waals surface area contributed by atoms with E-state index in [-0.39, 0.29) is 5.92 Å². The number of hydrogen-bond acceptors (Lipinski definition) is 5. The van der Waals surface area contributed by atoms with Gasteiger partial charge in [-0.3, -0.25) is 9.69 Å². The van der Waals surface area contributed by atoms with Gasteiger partial charge in [0.25, 0.3) is 0 Å². The van der Waals surface area contributed by atoms with Crippen molar-refractivity contribution >= 4 is 5.91 Å². The number of aryl methyl sites for hydroxylation is 1. The number of amides is 1. The van der Waals surface area contributed by atoms with Crippen molar-refractivity contribution in [2.24, 2.45) is 5.92 Å². The molecule has 0 N–H and O–H groups in total. The standard InChI is InChI=1S/C21H32N6O/c1-4-6-18(7-5-2)21(28)26-14-12-25(13-15-26)16-20-22-23-24-27(20)19-10-8-17(3)9-11-19/h8-11,18H,4-7,12-16H2,1-3H3. The van der Waals surface area contributed by atoms with Gasteiger partial charge in [-0.2, -0.15) is 4.68 Å². The summed E-state index contributed by atoms with van der Waals surface area (Å²) in [4.78, 5) is 17.2. The molecule has 3 rings (SSSR count). The van der Waals surface area contributed by atoms with Crippen LogP contribution < -0.4 is 0 Å². The highest BCUT2D eigenvalue weighted by molar-refractivity contribution is 5.78. The van der Waals surface area contributed by atoms with E-state index in [4.69, 9.17) is 0 Å². The average Bonchev–Trinajstić information content (AvgIpc) is 3.16. The Hall–Kier alpha value is -2.28. The number of tetrazole rings is 1. The fourth-order valence-electron chi connectivity index (χ4n) is 3.86. The van der Waals surface area contributed by atoms with Crippen LogP contribution in [0.3, 0.4) is 0 Å². The third kappa shape index (κ3) is 4.95. The van der Waals surface area contributed by atoms with Crippen molar-refractivity contribution in [3.05, 3.63) is 35.7 Å². The molecule has 152 valence electrons. The summed E-state index contributed by atoms with van der Waals surface area (Å²) in [5.41, 5.74) is 2.19. The first-order valence-corrected chi connectivity index (χ1v) is 10.5. The highest BCUT2D eigenvalue weighted by Gasteiger charge is 2.27. The molecule has 7 heteroatoms. The fraction of sp³-hybridized carbons (Fsp3) is 0.619. The van der Waals surface area contributed by atoms with Crippen LogP contribution in [0.25, 0.3) is 5.69 Å². The number of carbonyl (C=O) groups excluding carboxylic acids is 1. The molecule has 1 aliphatic heterocycles. The largest absolute Gasteiger partial charge is 0.340 e. The summed E-state index contributed by atoms with van der Waals surface area (Å²) in [6.07, 6.45) is 4.13. The number of hydrogen-bond donors (Lipinski definition) is 0. The predicted octanol–water partition coefficient (Wildman–Crippen LogP) is 2.83. The second kappa shape index (κ2) is 9.78. The Balaban J connectivity index is 1.57.